The first kappa shape index (κ1) is 27.3. The first-order valence-corrected chi connectivity index (χ1v) is 13.0. The fraction of sp³-hybridized carbons (Fsp3) is 0.192. The van der Waals surface area contributed by atoms with E-state index in [0.717, 1.165) is 11.8 Å². The maximum absolute atomic E-state index is 12.9. The predicted molar refractivity (Wildman–Crippen MR) is 140 cm³/mol. The zero-order valence-corrected chi connectivity index (χ0v) is 22.0. The molecule has 0 radical (unpaired) electrons. The zero-order valence-electron chi connectivity index (χ0n) is 18.9. The third kappa shape index (κ3) is 6.97. The smallest absolute Gasteiger partial charge is 0.338 e. The average molecular weight is 582 g/mol. The Kier molecular flexibility index (Phi) is 9.00. The lowest BCUT2D eigenvalue weighted by molar-refractivity contribution is -0.0557. The Morgan fingerprint density at radius 1 is 0.649 bits per heavy atom. The number of carbonyl (C=O) groups excluding carboxylic acids is 3. The highest BCUT2D eigenvalue weighted by molar-refractivity contribution is 8.00. The van der Waals surface area contributed by atoms with E-state index in [9.17, 15) is 19.5 Å². The summed E-state index contributed by atoms with van der Waals surface area (Å²) in [5.74, 6) is -2.10. The van der Waals surface area contributed by atoms with Gasteiger partial charge in [-0.25, -0.2) is 14.4 Å². The van der Waals surface area contributed by atoms with Crippen molar-refractivity contribution in [1.29, 1.82) is 0 Å². The quantitative estimate of drug-likeness (QED) is 0.281. The molecule has 192 valence electrons. The SMILES string of the molecule is O=C(OC[C@H]1SC(O)[C@H](OC(=O)c2ccc(Cl)cc2)[C@H]1OC(=O)c1ccc(Cl)cc1)c1ccc(Cl)cc1. The third-order valence-electron chi connectivity index (χ3n) is 5.39. The number of benzene rings is 3. The molecule has 3 aromatic rings. The lowest BCUT2D eigenvalue weighted by Gasteiger charge is -2.24. The molecule has 0 amide bonds. The van der Waals surface area contributed by atoms with E-state index in [1.54, 1.807) is 12.1 Å². The molecule has 1 N–H and O–H groups in total. The van der Waals surface area contributed by atoms with Gasteiger partial charge in [-0.2, -0.15) is 0 Å². The van der Waals surface area contributed by atoms with Crippen LogP contribution in [0.2, 0.25) is 15.1 Å². The van der Waals surface area contributed by atoms with E-state index in [2.05, 4.69) is 0 Å². The number of thioether (sulfide) groups is 1. The monoisotopic (exact) mass is 580 g/mol. The molecule has 0 spiro atoms. The number of hydrogen-bond donors (Lipinski definition) is 1. The molecule has 1 unspecified atom stereocenters. The van der Waals surface area contributed by atoms with E-state index in [4.69, 9.17) is 49.0 Å². The standard InChI is InChI=1S/C26H19Cl3O7S/c27-17-7-1-14(2-8-17)23(30)34-13-20-21(35-24(31)15-3-9-18(28)10-4-15)22(26(33)37-20)36-25(32)16-5-11-19(29)12-6-16/h1-12,20-22,26,33H,13H2/t20-,21+,22-,26?/m1/s1. The van der Waals surface area contributed by atoms with Crippen molar-refractivity contribution in [1.82, 2.24) is 0 Å². The summed E-state index contributed by atoms with van der Waals surface area (Å²) in [7, 11) is 0. The molecule has 1 fully saturated rings. The Labute approximate surface area is 231 Å². The van der Waals surface area contributed by atoms with E-state index in [1.807, 2.05) is 0 Å². The third-order valence-corrected chi connectivity index (χ3v) is 7.45. The largest absolute Gasteiger partial charge is 0.461 e. The Balaban J connectivity index is 1.52. The van der Waals surface area contributed by atoms with E-state index in [-0.39, 0.29) is 23.3 Å². The Hall–Kier alpha value is -2.75. The van der Waals surface area contributed by atoms with Gasteiger partial charge in [0.2, 0.25) is 0 Å². The molecule has 0 saturated carbocycles. The molecule has 0 aromatic heterocycles. The van der Waals surface area contributed by atoms with Crippen LogP contribution in [0, 0.1) is 0 Å². The summed E-state index contributed by atoms with van der Waals surface area (Å²) in [6, 6.07) is 18.1. The van der Waals surface area contributed by atoms with Gasteiger partial charge in [-0.15, -0.1) is 11.8 Å². The van der Waals surface area contributed by atoms with Gasteiger partial charge < -0.3 is 19.3 Å². The second-order valence-electron chi connectivity index (χ2n) is 7.92. The highest BCUT2D eigenvalue weighted by Gasteiger charge is 2.49. The van der Waals surface area contributed by atoms with Crippen molar-refractivity contribution in [2.24, 2.45) is 0 Å². The van der Waals surface area contributed by atoms with Crippen LogP contribution in [-0.4, -0.2) is 52.5 Å². The molecule has 7 nitrogen and oxygen atoms in total. The van der Waals surface area contributed by atoms with Crippen LogP contribution < -0.4 is 0 Å². The van der Waals surface area contributed by atoms with Crippen LogP contribution in [0.3, 0.4) is 0 Å². The highest BCUT2D eigenvalue weighted by Crippen LogP contribution is 2.38. The number of ether oxygens (including phenoxy) is 3. The minimum absolute atomic E-state index is 0.196. The van der Waals surface area contributed by atoms with Crippen molar-refractivity contribution in [3.05, 3.63) is 105 Å². The predicted octanol–water partition coefficient (Wildman–Crippen LogP) is 5.69. The van der Waals surface area contributed by atoms with Crippen molar-refractivity contribution in [3.63, 3.8) is 0 Å². The fourth-order valence-corrected chi connectivity index (χ4v) is 5.11. The van der Waals surface area contributed by atoms with Gasteiger partial charge in [0.15, 0.2) is 12.2 Å². The van der Waals surface area contributed by atoms with Gasteiger partial charge in [0.05, 0.1) is 21.9 Å². The molecular weight excluding hydrogens is 563 g/mol. The number of rotatable bonds is 7. The molecule has 0 aliphatic carbocycles. The first-order chi connectivity index (χ1) is 17.7. The normalized spacial score (nSPS) is 20.8. The van der Waals surface area contributed by atoms with E-state index < -0.39 is 40.8 Å². The van der Waals surface area contributed by atoms with Crippen molar-refractivity contribution < 1.29 is 33.7 Å². The second kappa shape index (κ2) is 12.2. The molecule has 1 aliphatic rings. The molecule has 4 rings (SSSR count). The Morgan fingerprint density at radius 3 is 1.46 bits per heavy atom. The molecule has 4 atom stereocenters. The number of aliphatic hydroxyl groups is 1. The number of halogens is 3. The van der Waals surface area contributed by atoms with Crippen LogP contribution in [0.5, 0.6) is 0 Å². The highest BCUT2D eigenvalue weighted by atomic mass is 35.5. The van der Waals surface area contributed by atoms with Gasteiger partial charge in [0, 0.05) is 15.1 Å². The topological polar surface area (TPSA) is 99.1 Å². The number of carbonyl (C=O) groups is 3. The van der Waals surface area contributed by atoms with E-state index in [0.29, 0.717) is 15.1 Å². The van der Waals surface area contributed by atoms with Crippen LogP contribution in [0.4, 0.5) is 0 Å². The van der Waals surface area contributed by atoms with Crippen molar-refractivity contribution in [3.8, 4) is 0 Å². The van der Waals surface area contributed by atoms with Gasteiger partial charge >= 0.3 is 17.9 Å². The van der Waals surface area contributed by atoms with Crippen molar-refractivity contribution in [2.45, 2.75) is 22.9 Å². The summed E-state index contributed by atoms with van der Waals surface area (Å²) in [5, 5.41) is 11.3. The number of esters is 3. The van der Waals surface area contributed by atoms with Crippen molar-refractivity contribution in [2.75, 3.05) is 6.61 Å². The van der Waals surface area contributed by atoms with Crippen molar-refractivity contribution >= 4 is 64.5 Å². The summed E-state index contributed by atoms with van der Waals surface area (Å²) >= 11 is 18.6. The molecule has 1 aliphatic heterocycles. The molecular formula is C26H19Cl3O7S. The van der Waals surface area contributed by atoms with E-state index >= 15 is 0 Å². The molecule has 11 heteroatoms. The lowest BCUT2D eigenvalue weighted by atomic mass is 10.1. The average Bonchev–Trinajstić information content (AvgIpc) is 3.17. The van der Waals surface area contributed by atoms with Gasteiger partial charge in [0.25, 0.3) is 0 Å². The van der Waals surface area contributed by atoms with Gasteiger partial charge in [-0.1, -0.05) is 34.8 Å². The minimum atomic E-state index is -1.25. The maximum atomic E-state index is 12.9. The summed E-state index contributed by atoms with van der Waals surface area (Å²) in [6.07, 6.45) is -2.36. The Morgan fingerprint density at radius 2 is 1.03 bits per heavy atom. The van der Waals surface area contributed by atoms with E-state index in [1.165, 1.54) is 60.7 Å². The van der Waals surface area contributed by atoms with Gasteiger partial charge in [-0.3, -0.25) is 0 Å². The summed E-state index contributed by atoms with van der Waals surface area (Å²) < 4.78 is 16.6. The molecule has 1 heterocycles. The number of aliphatic hydroxyl groups excluding tert-OH is 1. The fourth-order valence-electron chi connectivity index (χ4n) is 3.49. The summed E-state index contributed by atoms with van der Waals surface area (Å²) in [5.41, 5.74) is -0.579. The van der Waals surface area contributed by atoms with Crippen LogP contribution in [-0.2, 0) is 14.2 Å². The maximum Gasteiger partial charge on any atom is 0.338 e. The van der Waals surface area contributed by atoms with Gasteiger partial charge in [-0.05, 0) is 72.8 Å². The van der Waals surface area contributed by atoms with Crippen LogP contribution in [0.1, 0.15) is 31.1 Å². The summed E-state index contributed by atoms with van der Waals surface area (Å²) in [4.78, 5) is 38.1. The van der Waals surface area contributed by atoms with Crippen LogP contribution in [0.15, 0.2) is 72.8 Å². The van der Waals surface area contributed by atoms with Gasteiger partial charge in [0.1, 0.15) is 12.0 Å². The molecule has 0 bridgehead atoms. The first-order valence-electron chi connectivity index (χ1n) is 10.9. The Bertz CT molecular complexity index is 1270. The van der Waals surface area contributed by atoms with Crippen LogP contribution >= 0.6 is 46.6 Å². The number of hydrogen-bond acceptors (Lipinski definition) is 8. The zero-order chi connectivity index (χ0) is 26.5. The summed E-state index contributed by atoms with van der Waals surface area (Å²) in [6.45, 7) is -0.225. The molecule has 37 heavy (non-hydrogen) atoms. The molecule has 3 aromatic carbocycles. The lowest BCUT2D eigenvalue weighted by Crippen LogP contribution is -2.41. The second-order valence-corrected chi connectivity index (χ2v) is 10.6. The van der Waals surface area contributed by atoms with Crippen LogP contribution in [0.25, 0.3) is 0 Å². The minimum Gasteiger partial charge on any atom is -0.461 e. The molecule has 1 saturated heterocycles.